The first-order valence-corrected chi connectivity index (χ1v) is 6.94. The molecule has 0 saturated carbocycles. The smallest absolute Gasteiger partial charge is 0.256 e. The standard InChI is InChI=1S/C13H17BrN2O/c1-2-10-6-3-4-9-16(10)13(17)11-7-5-8-15-12(11)14/h5,7-8,10H,2-4,6,9H2,1H3. The van der Waals surface area contributed by atoms with Crippen molar-refractivity contribution in [3.63, 3.8) is 0 Å². The van der Waals surface area contributed by atoms with Gasteiger partial charge >= 0.3 is 0 Å². The van der Waals surface area contributed by atoms with Crippen LogP contribution in [0.2, 0.25) is 0 Å². The number of hydrogen-bond acceptors (Lipinski definition) is 2. The van der Waals surface area contributed by atoms with Crippen molar-refractivity contribution in [2.75, 3.05) is 6.54 Å². The van der Waals surface area contributed by atoms with Crippen LogP contribution in [-0.2, 0) is 0 Å². The zero-order chi connectivity index (χ0) is 12.3. The van der Waals surface area contributed by atoms with E-state index in [1.165, 1.54) is 6.42 Å². The Balaban J connectivity index is 2.21. The minimum Gasteiger partial charge on any atom is -0.336 e. The van der Waals surface area contributed by atoms with Gasteiger partial charge < -0.3 is 4.90 Å². The van der Waals surface area contributed by atoms with Gasteiger partial charge in [0.05, 0.1) is 5.56 Å². The lowest BCUT2D eigenvalue weighted by atomic mass is 9.99. The molecule has 2 heterocycles. The van der Waals surface area contributed by atoms with E-state index < -0.39 is 0 Å². The molecular weight excluding hydrogens is 280 g/mol. The van der Waals surface area contributed by atoms with E-state index in [2.05, 4.69) is 27.8 Å². The molecule has 17 heavy (non-hydrogen) atoms. The van der Waals surface area contributed by atoms with Crippen molar-refractivity contribution < 1.29 is 4.79 Å². The van der Waals surface area contributed by atoms with Crippen molar-refractivity contribution in [1.29, 1.82) is 0 Å². The van der Waals surface area contributed by atoms with E-state index in [-0.39, 0.29) is 5.91 Å². The molecule has 1 unspecified atom stereocenters. The Bertz CT molecular complexity index is 408. The molecule has 0 spiro atoms. The number of rotatable bonds is 2. The van der Waals surface area contributed by atoms with Gasteiger partial charge in [-0.05, 0) is 53.7 Å². The third kappa shape index (κ3) is 2.68. The minimum absolute atomic E-state index is 0.108. The molecule has 1 atom stereocenters. The van der Waals surface area contributed by atoms with Crippen molar-refractivity contribution in [2.45, 2.75) is 38.6 Å². The van der Waals surface area contributed by atoms with E-state index in [1.54, 1.807) is 6.20 Å². The normalized spacial score (nSPS) is 20.4. The predicted octanol–water partition coefficient (Wildman–Crippen LogP) is 3.25. The molecule has 0 aliphatic carbocycles. The lowest BCUT2D eigenvalue weighted by Crippen LogP contribution is -2.43. The van der Waals surface area contributed by atoms with Gasteiger partial charge in [0, 0.05) is 18.8 Å². The monoisotopic (exact) mass is 296 g/mol. The fourth-order valence-corrected chi connectivity index (χ4v) is 2.81. The third-order valence-electron chi connectivity index (χ3n) is 3.35. The van der Waals surface area contributed by atoms with Crippen molar-refractivity contribution in [3.8, 4) is 0 Å². The molecule has 1 aromatic heterocycles. The van der Waals surface area contributed by atoms with Gasteiger partial charge in [0.25, 0.3) is 5.91 Å². The molecule has 92 valence electrons. The van der Waals surface area contributed by atoms with Crippen LogP contribution in [0.15, 0.2) is 22.9 Å². The molecule has 2 rings (SSSR count). The van der Waals surface area contributed by atoms with Crippen LogP contribution in [0, 0.1) is 0 Å². The van der Waals surface area contributed by atoms with Crippen LogP contribution in [0.3, 0.4) is 0 Å². The molecule has 1 aliphatic heterocycles. The Kier molecular flexibility index (Phi) is 4.15. The number of aromatic nitrogens is 1. The molecule has 4 heteroatoms. The number of piperidine rings is 1. The van der Waals surface area contributed by atoms with E-state index >= 15 is 0 Å². The highest BCUT2D eigenvalue weighted by molar-refractivity contribution is 9.10. The largest absolute Gasteiger partial charge is 0.336 e. The Hall–Kier alpha value is -0.900. The summed E-state index contributed by atoms with van der Waals surface area (Å²) in [7, 11) is 0. The number of halogens is 1. The van der Waals surface area contributed by atoms with Crippen LogP contribution in [0.4, 0.5) is 0 Å². The van der Waals surface area contributed by atoms with Crippen LogP contribution in [-0.4, -0.2) is 28.4 Å². The number of pyridine rings is 1. The maximum atomic E-state index is 12.4. The minimum atomic E-state index is 0.108. The van der Waals surface area contributed by atoms with Gasteiger partial charge in [-0.3, -0.25) is 4.79 Å². The summed E-state index contributed by atoms with van der Waals surface area (Å²) in [6.45, 7) is 3.02. The van der Waals surface area contributed by atoms with Gasteiger partial charge in [0.2, 0.25) is 0 Å². The van der Waals surface area contributed by atoms with Gasteiger partial charge in [-0.1, -0.05) is 6.92 Å². The highest BCUT2D eigenvalue weighted by Crippen LogP contribution is 2.23. The van der Waals surface area contributed by atoms with E-state index in [9.17, 15) is 4.79 Å². The maximum absolute atomic E-state index is 12.4. The van der Waals surface area contributed by atoms with E-state index in [4.69, 9.17) is 0 Å². The average molecular weight is 297 g/mol. The predicted molar refractivity (Wildman–Crippen MR) is 70.9 cm³/mol. The summed E-state index contributed by atoms with van der Waals surface area (Å²) in [5, 5.41) is 0. The fourth-order valence-electron chi connectivity index (χ4n) is 2.39. The quantitative estimate of drug-likeness (QED) is 0.785. The Morgan fingerprint density at radius 3 is 3.12 bits per heavy atom. The Morgan fingerprint density at radius 1 is 1.59 bits per heavy atom. The molecule has 1 aliphatic rings. The fraction of sp³-hybridized carbons (Fsp3) is 0.538. The Morgan fingerprint density at radius 2 is 2.41 bits per heavy atom. The maximum Gasteiger partial charge on any atom is 0.256 e. The topological polar surface area (TPSA) is 33.2 Å². The van der Waals surface area contributed by atoms with Crippen LogP contribution in [0.25, 0.3) is 0 Å². The molecule has 0 bridgehead atoms. The van der Waals surface area contributed by atoms with Crippen molar-refractivity contribution >= 4 is 21.8 Å². The van der Waals surface area contributed by atoms with Crippen LogP contribution in [0.1, 0.15) is 43.0 Å². The molecule has 0 radical (unpaired) electrons. The third-order valence-corrected chi connectivity index (χ3v) is 3.98. The summed E-state index contributed by atoms with van der Waals surface area (Å²) in [6.07, 6.45) is 6.19. The van der Waals surface area contributed by atoms with Crippen LogP contribution < -0.4 is 0 Å². The number of nitrogens with zero attached hydrogens (tertiary/aromatic N) is 2. The van der Waals surface area contributed by atoms with E-state index in [0.29, 0.717) is 16.2 Å². The van der Waals surface area contributed by atoms with Gasteiger partial charge in [-0.15, -0.1) is 0 Å². The van der Waals surface area contributed by atoms with E-state index in [0.717, 1.165) is 25.8 Å². The number of hydrogen-bond donors (Lipinski definition) is 0. The first-order chi connectivity index (χ1) is 8.24. The number of likely N-dealkylation sites (tertiary alicyclic amines) is 1. The highest BCUT2D eigenvalue weighted by Gasteiger charge is 2.27. The SMILES string of the molecule is CCC1CCCCN1C(=O)c1cccnc1Br. The first kappa shape index (κ1) is 12.6. The molecule has 1 aromatic rings. The first-order valence-electron chi connectivity index (χ1n) is 6.15. The molecule has 1 saturated heterocycles. The average Bonchev–Trinajstić information content (AvgIpc) is 2.38. The van der Waals surface area contributed by atoms with Gasteiger partial charge in [0.15, 0.2) is 0 Å². The van der Waals surface area contributed by atoms with Gasteiger partial charge in [-0.25, -0.2) is 4.98 Å². The number of amides is 1. The summed E-state index contributed by atoms with van der Waals surface area (Å²) in [5.41, 5.74) is 0.674. The summed E-state index contributed by atoms with van der Waals surface area (Å²) >= 11 is 3.35. The van der Waals surface area contributed by atoms with Crippen molar-refractivity contribution in [1.82, 2.24) is 9.88 Å². The second-order valence-corrected chi connectivity index (χ2v) is 5.15. The van der Waals surface area contributed by atoms with Gasteiger partial charge in [-0.2, -0.15) is 0 Å². The lowest BCUT2D eigenvalue weighted by Gasteiger charge is -2.35. The van der Waals surface area contributed by atoms with Crippen LogP contribution in [0.5, 0.6) is 0 Å². The lowest BCUT2D eigenvalue weighted by molar-refractivity contribution is 0.0606. The zero-order valence-electron chi connectivity index (χ0n) is 10.0. The van der Waals surface area contributed by atoms with Crippen molar-refractivity contribution in [2.24, 2.45) is 0 Å². The van der Waals surface area contributed by atoms with E-state index in [1.807, 2.05) is 17.0 Å². The summed E-state index contributed by atoms with van der Waals surface area (Å²) < 4.78 is 0.644. The second-order valence-electron chi connectivity index (χ2n) is 4.40. The Labute approximate surface area is 110 Å². The number of carbonyl (C=O) groups excluding carboxylic acids is 1. The number of carbonyl (C=O) groups is 1. The second kappa shape index (κ2) is 5.63. The summed E-state index contributed by atoms with van der Waals surface area (Å²) in [6, 6.07) is 4.03. The molecule has 1 amide bonds. The summed E-state index contributed by atoms with van der Waals surface area (Å²) in [5.74, 6) is 0.108. The van der Waals surface area contributed by atoms with Crippen molar-refractivity contribution in [3.05, 3.63) is 28.5 Å². The molecular formula is C13H17BrN2O. The molecule has 0 aromatic carbocycles. The highest BCUT2D eigenvalue weighted by atomic mass is 79.9. The summed E-state index contributed by atoms with van der Waals surface area (Å²) in [4.78, 5) is 18.6. The van der Waals surface area contributed by atoms with Crippen LogP contribution >= 0.6 is 15.9 Å². The zero-order valence-corrected chi connectivity index (χ0v) is 11.6. The van der Waals surface area contributed by atoms with Gasteiger partial charge in [0.1, 0.15) is 4.60 Å². The molecule has 0 N–H and O–H groups in total. The molecule has 3 nitrogen and oxygen atoms in total. The molecule has 1 fully saturated rings.